The van der Waals surface area contributed by atoms with E-state index in [0.29, 0.717) is 0 Å². The number of fused-ring (bicyclic) bond motifs is 3. The van der Waals surface area contributed by atoms with Crippen LogP contribution in [0.5, 0.6) is 0 Å². The summed E-state index contributed by atoms with van der Waals surface area (Å²) in [6.07, 6.45) is 1.94. The molecular weight excluding hydrogens is 274 g/mol. The summed E-state index contributed by atoms with van der Waals surface area (Å²) < 4.78 is 3.43. The van der Waals surface area contributed by atoms with Crippen LogP contribution in [0, 0.1) is 0 Å². The molecule has 0 amide bonds. The predicted molar refractivity (Wildman–Crippen MR) is 77.3 cm³/mol. The van der Waals surface area contributed by atoms with Gasteiger partial charge in [-0.2, -0.15) is 0 Å². The van der Waals surface area contributed by atoms with Crippen molar-refractivity contribution in [2.75, 3.05) is 0 Å². The zero-order valence-corrected chi connectivity index (χ0v) is 10.9. The molecule has 0 saturated heterocycles. The quantitative estimate of drug-likeness (QED) is 0.599. The van der Waals surface area contributed by atoms with Crippen molar-refractivity contribution in [2.24, 2.45) is 0 Å². The molecule has 84 valence electrons. The Morgan fingerprint density at radius 1 is 1.06 bits per heavy atom. The molecule has 1 nitrogen and oxygen atoms in total. The Hall–Kier alpha value is -1.54. The molecule has 0 spiro atoms. The van der Waals surface area contributed by atoms with Gasteiger partial charge in [-0.15, -0.1) is 6.58 Å². The highest BCUT2D eigenvalue weighted by Gasteiger charge is 2.10. The largest absolute Gasteiger partial charge is 0.336 e. The average Bonchev–Trinajstić information content (AvgIpc) is 2.67. The van der Waals surface area contributed by atoms with Crippen LogP contribution in [0.25, 0.3) is 21.8 Å². The van der Waals surface area contributed by atoms with Crippen molar-refractivity contribution >= 4 is 37.7 Å². The van der Waals surface area contributed by atoms with E-state index in [2.05, 4.69) is 69.5 Å². The van der Waals surface area contributed by atoms with Crippen LogP contribution < -0.4 is 0 Å². The van der Waals surface area contributed by atoms with Crippen molar-refractivity contribution < 1.29 is 0 Å². The van der Waals surface area contributed by atoms with Gasteiger partial charge < -0.3 is 4.57 Å². The Labute approximate surface area is 108 Å². The molecule has 0 aliphatic carbocycles. The summed E-state index contributed by atoms with van der Waals surface area (Å²) in [4.78, 5) is 0. The van der Waals surface area contributed by atoms with E-state index in [1.165, 1.54) is 21.8 Å². The van der Waals surface area contributed by atoms with Crippen molar-refractivity contribution in [3.63, 3.8) is 0 Å². The zero-order chi connectivity index (χ0) is 11.8. The fourth-order valence-corrected chi connectivity index (χ4v) is 2.96. The van der Waals surface area contributed by atoms with Gasteiger partial charge in [-0.25, -0.2) is 0 Å². The number of rotatable bonds is 2. The molecule has 1 heterocycles. The molecule has 2 heteroatoms. The van der Waals surface area contributed by atoms with Crippen LogP contribution in [0.4, 0.5) is 0 Å². The molecule has 0 bridgehead atoms. The first-order valence-electron chi connectivity index (χ1n) is 5.59. The third-order valence-electron chi connectivity index (χ3n) is 3.05. The van der Waals surface area contributed by atoms with Crippen LogP contribution in [-0.2, 0) is 6.54 Å². The minimum atomic E-state index is 0.826. The van der Waals surface area contributed by atoms with Crippen LogP contribution in [0.3, 0.4) is 0 Å². The maximum Gasteiger partial charge on any atom is 0.0638 e. The summed E-state index contributed by atoms with van der Waals surface area (Å²) in [6, 6.07) is 14.8. The van der Waals surface area contributed by atoms with Crippen LogP contribution in [0.1, 0.15) is 0 Å². The molecule has 0 aliphatic heterocycles. The van der Waals surface area contributed by atoms with Crippen LogP contribution in [-0.4, -0.2) is 4.57 Å². The lowest BCUT2D eigenvalue weighted by molar-refractivity contribution is 0.899. The summed E-state index contributed by atoms with van der Waals surface area (Å²) >= 11 is 3.64. The SMILES string of the molecule is C=CCn1c2ccccc2c2cccc(Br)c21. The number of para-hydroxylation sites is 2. The topological polar surface area (TPSA) is 4.93 Å². The van der Waals surface area contributed by atoms with Gasteiger partial charge in [0.05, 0.1) is 5.52 Å². The zero-order valence-electron chi connectivity index (χ0n) is 9.36. The molecule has 3 rings (SSSR count). The number of hydrogen-bond acceptors (Lipinski definition) is 0. The molecule has 2 aromatic carbocycles. The van der Waals surface area contributed by atoms with E-state index in [-0.39, 0.29) is 0 Å². The van der Waals surface area contributed by atoms with Gasteiger partial charge in [0.25, 0.3) is 0 Å². The molecule has 0 fully saturated rings. The average molecular weight is 286 g/mol. The number of hydrogen-bond donors (Lipinski definition) is 0. The molecule has 0 atom stereocenters. The summed E-state index contributed by atoms with van der Waals surface area (Å²) in [5, 5.41) is 2.59. The van der Waals surface area contributed by atoms with Gasteiger partial charge in [-0.3, -0.25) is 0 Å². The number of aromatic nitrogens is 1. The van der Waals surface area contributed by atoms with Gasteiger partial charge >= 0.3 is 0 Å². The second kappa shape index (κ2) is 4.04. The highest BCUT2D eigenvalue weighted by atomic mass is 79.9. The van der Waals surface area contributed by atoms with Gasteiger partial charge in [0.15, 0.2) is 0 Å². The molecule has 3 aromatic rings. The third kappa shape index (κ3) is 1.52. The Morgan fingerprint density at radius 2 is 1.82 bits per heavy atom. The van der Waals surface area contributed by atoms with E-state index < -0.39 is 0 Å². The summed E-state index contributed by atoms with van der Waals surface area (Å²) in [5.41, 5.74) is 2.50. The highest BCUT2D eigenvalue weighted by molar-refractivity contribution is 9.10. The summed E-state index contributed by atoms with van der Waals surface area (Å²) in [5.74, 6) is 0. The maximum atomic E-state index is 3.84. The Kier molecular flexibility index (Phi) is 2.52. The molecule has 0 unspecified atom stereocenters. The monoisotopic (exact) mass is 285 g/mol. The van der Waals surface area contributed by atoms with Crippen molar-refractivity contribution in [3.05, 3.63) is 59.6 Å². The normalized spacial score (nSPS) is 11.1. The lowest BCUT2D eigenvalue weighted by atomic mass is 10.2. The Morgan fingerprint density at radius 3 is 2.65 bits per heavy atom. The van der Waals surface area contributed by atoms with Gasteiger partial charge in [0.1, 0.15) is 0 Å². The number of allylic oxidation sites excluding steroid dienone is 1. The van der Waals surface area contributed by atoms with Crippen molar-refractivity contribution in [1.29, 1.82) is 0 Å². The molecular formula is C15H12BrN. The van der Waals surface area contributed by atoms with Gasteiger partial charge in [-0.05, 0) is 28.1 Å². The van der Waals surface area contributed by atoms with Crippen molar-refractivity contribution in [1.82, 2.24) is 4.57 Å². The molecule has 0 aliphatic rings. The van der Waals surface area contributed by atoms with Crippen LogP contribution in [0.15, 0.2) is 59.6 Å². The number of halogens is 1. The van der Waals surface area contributed by atoms with Crippen LogP contribution >= 0.6 is 15.9 Å². The van der Waals surface area contributed by atoms with Gasteiger partial charge in [-0.1, -0.05) is 36.4 Å². The standard InChI is InChI=1S/C15H12BrN/c1-2-10-17-14-9-4-3-6-11(14)12-7-5-8-13(16)15(12)17/h2-9H,1,10H2. The van der Waals surface area contributed by atoms with Crippen LogP contribution in [0.2, 0.25) is 0 Å². The molecule has 17 heavy (non-hydrogen) atoms. The van der Waals surface area contributed by atoms with Gasteiger partial charge in [0.2, 0.25) is 0 Å². The van der Waals surface area contributed by atoms with Crippen molar-refractivity contribution in [3.8, 4) is 0 Å². The minimum Gasteiger partial charge on any atom is -0.336 e. The molecule has 0 radical (unpaired) electrons. The van der Waals surface area contributed by atoms with E-state index in [0.717, 1.165) is 11.0 Å². The fraction of sp³-hybridized carbons (Fsp3) is 0.0667. The second-order valence-electron chi connectivity index (χ2n) is 4.05. The summed E-state index contributed by atoms with van der Waals surface area (Å²) in [6.45, 7) is 4.67. The van der Waals surface area contributed by atoms with Crippen molar-refractivity contribution in [2.45, 2.75) is 6.54 Å². The molecule has 1 aromatic heterocycles. The smallest absolute Gasteiger partial charge is 0.0638 e. The Balaban J connectivity index is 2.57. The van der Waals surface area contributed by atoms with E-state index in [1.54, 1.807) is 0 Å². The van der Waals surface area contributed by atoms with E-state index in [1.807, 2.05) is 6.08 Å². The maximum absolute atomic E-state index is 3.84. The first-order chi connectivity index (χ1) is 8.33. The lowest BCUT2D eigenvalue weighted by Crippen LogP contribution is -1.94. The molecule has 0 saturated carbocycles. The lowest BCUT2D eigenvalue weighted by Gasteiger charge is -2.04. The first kappa shape index (κ1) is 10.6. The third-order valence-corrected chi connectivity index (χ3v) is 3.69. The van der Waals surface area contributed by atoms with E-state index in [9.17, 15) is 0 Å². The fourth-order valence-electron chi connectivity index (χ4n) is 2.38. The van der Waals surface area contributed by atoms with E-state index >= 15 is 0 Å². The predicted octanol–water partition coefficient (Wildman–Crippen LogP) is 4.74. The minimum absolute atomic E-state index is 0.826. The molecule has 0 N–H and O–H groups in total. The summed E-state index contributed by atoms with van der Waals surface area (Å²) in [7, 11) is 0. The highest BCUT2D eigenvalue weighted by Crippen LogP contribution is 2.33. The van der Waals surface area contributed by atoms with E-state index in [4.69, 9.17) is 0 Å². The van der Waals surface area contributed by atoms with Gasteiger partial charge in [0, 0.05) is 27.3 Å². The first-order valence-corrected chi connectivity index (χ1v) is 6.38. The second-order valence-corrected chi connectivity index (χ2v) is 4.91. The Bertz CT molecular complexity index is 709. The number of nitrogens with zero attached hydrogens (tertiary/aromatic N) is 1. The number of benzene rings is 2.